The van der Waals surface area contributed by atoms with Crippen LogP contribution in [0.4, 0.5) is 5.69 Å². The van der Waals surface area contributed by atoms with Crippen LogP contribution in [0.1, 0.15) is 24.0 Å². The maximum atomic E-state index is 12.8. The van der Waals surface area contributed by atoms with Crippen LogP contribution in [-0.4, -0.2) is 49.1 Å². The Morgan fingerprint density at radius 2 is 1.58 bits per heavy atom. The Morgan fingerprint density at radius 1 is 0.939 bits per heavy atom. The first-order valence-corrected chi connectivity index (χ1v) is 11.6. The van der Waals surface area contributed by atoms with Crippen LogP contribution >= 0.6 is 0 Å². The van der Waals surface area contributed by atoms with Gasteiger partial charge in [-0.1, -0.05) is 6.07 Å². The number of rotatable bonds is 12. The number of anilines is 1. The van der Waals surface area contributed by atoms with Gasteiger partial charge in [0.1, 0.15) is 29.3 Å². The Hall–Kier alpha value is -3.53. The van der Waals surface area contributed by atoms with E-state index in [-0.39, 0.29) is 24.5 Å². The van der Waals surface area contributed by atoms with Gasteiger partial charge in [-0.3, -0.25) is 4.79 Å². The molecule has 0 aromatic heterocycles. The number of hydrogen-bond acceptors (Lipinski definition) is 8. The minimum absolute atomic E-state index is 0.0173. The molecule has 0 unspecified atom stereocenters. The number of amides is 1. The van der Waals surface area contributed by atoms with Gasteiger partial charge in [0.15, 0.2) is 9.84 Å². The molecule has 0 bridgehead atoms. The Kier molecular flexibility index (Phi) is 9.29. The maximum Gasteiger partial charge on any atom is 0.224 e. The van der Waals surface area contributed by atoms with Gasteiger partial charge in [0.25, 0.3) is 0 Å². The van der Waals surface area contributed by atoms with Crippen molar-refractivity contribution in [3.63, 3.8) is 0 Å². The number of methoxy groups -OCH3 is 4. The van der Waals surface area contributed by atoms with Gasteiger partial charge in [-0.15, -0.1) is 0 Å². The van der Waals surface area contributed by atoms with E-state index in [1.54, 1.807) is 24.3 Å². The molecular formula is C23H27NO8S. The molecule has 0 spiro atoms. The Labute approximate surface area is 193 Å². The minimum Gasteiger partial charge on any atom is -0.496 e. The highest BCUT2D eigenvalue weighted by Gasteiger charge is 2.15. The number of hydrogen-bond donors (Lipinski definition) is 1. The highest BCUT2D eigenvalue weighted by atomic mass is 32.2. The molecule has 0 aliphatic heterocycles. The molecule has 0 saturated carbocycles. The second kappa shape index (κ2) is 11.9. The lowest BCUT2D eigenvalue weighted by molar-refractivity contribution is -0.118. The predicted molar refractivity (Wildman–Crippen MR) is 125 cm³/mol. The zero-order valence-corrected chi connectivity index (χ0v) is 19.7. The van der Waals surface area contributed by atoms with Crippen LogP contribution in [0.25, 0.3) is 6.08 Å². The molecule has 10 heteroatoms. The SMILES string of the molecule is COc1cc(OC)c(/C=C/S(=O)(=O)Cc2ccc(OC)c(NC(=O)CCC=O)c2)c(OC)c1. The topological polar surface area (TPSA) is 117 Å². The van der Waals surface area contributed by atoms with Gasteiger partial charge in [-0.25, -0.2) is 8.42 Å². The van der Waals surface area contributed by atoms with Gasteiger partial charge >= 0.3 is 0 Å². The summed E-state index contributed by atoms with van der Waals surface area (Å²) in [4.78, 5) is 22.4. The Balaban J connectivity index is 2.29. The fourth-order valence-electron chi connectivity index (χ4n) is 2.99. The molecule has 0 aliphatic rings. The molecule has 1 amide bonds. The van der Waals surface area contributed by atoms with Crippen LogP contribution in [0.15, 0.2) is 35.7 Å². The third-order valence-electron chi connectivity index (χ3n) is 4.59. The summed E-state index contributed by atoms with van der Waals surface area (Å²) in [6.45, 7) is 0. The second-order valence-corrected chi connectivity index (χ2v) is 8.73. The van der Waals surface area contributed by atoms with Crippen molar-refractivity contribution in [2.24, 2.45) is 0 Å². The minimum atomic E-state index is -3.70. The molecule has 0 fully saturated rings. The predicted octanol–water partition coefficient (Wildman–Crippen LogP) is 3.22. The van der Waals surface area contributed by atoms with Crippen molar-refractivity contribution in [1.29, 1.82) is 0 Å². The van der Waals surface area contributed by atoms with Gasteiger partial charge < -0.3 is 29.1 Å². The second-order valence-electron chi connectivity index (χ2n) is 6.84. The lowest BCUT2D eigenvalue weighted by Crippen LogP contribution is -2.12. The molecule has 2 rings (SSSR count). The summed E-state index contributed by atoms with van der Waals surface area (Å²) < 4.78 is 46.6. The summed E-state index contributed by atoms with van der Waals surface area (Å²) in [7, 11) is 2.16. The molecular weight excluding hydrogens is 450 g/mol. The zero-order valence-electron chi connectivity index (χ0n) is 18.9. The van der Waals surface area contributed by atoms with E-state index < -0.39 is 9.84 Å². The number of sulfone groups is 1. The van der Waals surface area contributed by atoms with E-state index in [9.17, 15) is 18.0 Å². The van der Waals surface area contributed by atoms with Crippen molar-refractivity contribution in [2.75, 3.05) is 33.8 Å². The van der Waals surface area contributed by atoms with Gasteiger partial charge in [-0.2, -0.15) is 0 Å². The summed E-state index contributed by atoms with van der Waals surface area (Å²) in [5.74, 6) is 0.971. The summed E-state index contributed by atoms with van der Waals surface area (Å²) in [6.07, 6.45) is 2.16. The first-order valence-electron chi connectivity index (χ1n) is 9.88. The van der Waals surface area contributed by atoms with E-state index >= 15 is 0 Å². The molecule has 0 heterocycles. The van der Waals surface area contributed by atoms with Crippen LogP contribution in [0, 0.1) is 0 Å². The van der Waals surface area contributed by atoms with Crippen molar-refractivity contribution in [3.8, 4) is 23.0 Å². The molecule has 0 radical (unpaired) electrons. The van der Waals surface area contributed by atoms with E-state index in [0.29, 0.717) is 46.1 Å². The lowest BCUT2D eigenvalue weighted by Gasteiger charge is -2.13. The number of nitrogens with one attached hydrogen (secondary N) is 1. The number of carbonyl (C=O) groups is 2. The lowest BCUT2D eigenvalue weighted by atomic mass is 10.1. The quantitative estimate of drug-likeness (QED) is 0.463. The standard InChI is InChI=1S/C23H27NO8S/c1-29-17-13-21(31-3)18(22(14-17)32-4)9-11-33(27,28)15-16-7-8-20(30-2)19(12-16)24-23(26)6-5-10-25/h7-14H,5-6,15H2,1-4H3,(H,24,26)/b11-9+. The van der Waals surface area contributed by atoms with E-state index in [0.717, 1.165) is 5.41 Å². The molecule has 0 aliphatic carbocycles. The smallest absolute Gasteiger partial charge is 0.224 e. The Morgan fingerprint density at radius 3 is 2.12 bits per heavy atom. The molecule has 2 aromatic rings. The van der Waals surface area contributed by atoms with Crippen LogP contribution in [-0.2, 0) is 25.2 Å². The fourth-order valence-corrected chi connectivity index (χ4v) is 4.08. The van der Waals surface area contributed by atoms with Crippen molar-refractivity contribution in [2.45, 2.75) is 18.6 Å². The van der Waals surface area contributed by atoms with Crippen LogP contribution in [0.3, 0.4) is 0 Å². The van der Waals surface area contributed by atoms with Crippen LogP contribution < -0.4 is 24.3 Å². The van der Waals surface area contributed by atoms with Crippen molar-refractivity contribution in [1.82, 2.24) is 0 Å². The van der Waals surface area contributed by atoms with E-state index in [4.69, 9.17) is 18.9 Å². The van der Waals surface area contributed by atoms with Crippen molar-refractivity contribution >= 4 is 33.8 Å². The summed E-state index contributed by atoms with van der Waals surface area (Å²) in [5.41, 5.74) is 1.21. The zero-order chi connectivity index (χ0) is 24.4. The molecule has 33 heavy (non-hydrogen) atoms. The van der Waals surface area contributed by atoms with Gasteiger partial charge in [0, 0.05) is 30.4 Å². The highest BCUT2D eigenvalue weighted by Crippen LogP contribution is 2.35. The van der Waals surface area contributed by atoms with Gasteiger partial charge in [0.05, 0.1) is 45.4 Å². The van der Waals surface area contributed by atoms with E-state index in [1.807, 2.05) is 0 Å². The maximum absolute atomic E-state index is 12.8. The monoisotopic (exact) mass is 477 g/mol. The number of benzene rings is 2. The summed E-state index contributed by atoms with van der Waals surface area (Å²) in [6, 6.07) is 7.94. The summed E-state index contributed by atoms with van der Waals surface area (Å²) in [5, 5.41) is 3.72. The third-order valence-corrected chi connectivity index (χ3v) is 5.88. The molecule has 0 atom stereocenters. The first kappa shape index (κ1) is 25.7. The first-order chi connectivity index (χ1) is 15.8. The largest absolute Gasteiger partial charge is 0.496 e. The normalized spacial score (nSPS) is 11.2. The number of ether oxygens (including phenoxy) is 4. The van der Waals surface area contributed by atoms with Gasteiger partial charge in [-0.05, 0) is 23.8 Å². The van der Waals surface area contributed by atoms with Crippen LogP contribution in [0.5, 0.6) is 23.0 Å². The third kappa shape index (κ3) is 7.25. The van der Waals surface area contributed by atoms with Crippen molar-refractivity contribution < 1.29 is 37.0 Å². The summed E-state index contributed by atoms with van der Waals surface area (Å²) >= 11 is 0. The molecule has 1 N–H and O–H groups in total. The number of aldehydes is 1. The molecule has 2 aromatic carbocycles. The highest BCUT2D eigenvalue weighted by molar-refractivity contribution is 7.93. The van der Waals surface area contributed by atoms with E-state index in [1.165, 1.54) is 40.6 Å². The number of carbonyl (C=O) groups excluding carboxylic acids is 2. The molecule has 9 nitrogen and oxygen atoms in total. The molecule has 178 valence electrons. The van der Waals surface area contributed by atoms with Crippen molar-refractivity contribution in [3.05, 3.63) is 46.9 Å². The average molecular weight is 478 g/mol. The Bertz CT molecular complexity index is 1100. The fraction of sp³-hybridized carbons (Fsp3) is 0.304. The average Bonchev–Trinajstić information content (AvgIpc) is 2.80. The van der Waals surface area contributed by atoms with Crippen LogP contribution in [0.2, 0.25) is 0 Å². The molecule has 0 saturated heterocycles. The van der Waals surface area contributed by atoms with Gasteiger partial charge in [0.2, 0.25) is 5.91 Å². The van der Waals surface area contributed by atoms with E-state index in [2.05, 4.69) is 5.32 Å².